The topological polar surface area (TPSA) is 78.4 Å². The number of carbonyl (C=O) groups is 2. The lowest BCUT2D eigenvalue weighted by atomic mass is 9.96. The van der Waals surface area contributed by atoms with E-state index in [0.29, 0.717) is 12.6 Å². The maximum atomic E-state index is 11.6. The number of hydrogen-bond donors (Lipinski definition) is 3. The van der Waals surface area contributed by atoms with E-state index in [2.05, 4.69) is 10.6 Å². The van der Waals surface area contributed by atoms with Crippen molar-refractivity contribution in [3.8, 4) is 0 Å². The van der Waals surface area contributed by atoms with Crippen LogP contribution in [0.2, 0.25) is 0 Å². The molecular formula is C14H26N2O3. The van der Waals surface area contributed by atoms with Crippen LogP contribution in [0, 0.1) is 0 Å². The third-order valence-corrected chi connectivity index (χ3v) is 3.54. The van der Waals surface area contributed by atoms with Crippen LogP contribution in [-0.4, -0.2) is 29.7 Å². The molecule has 0 unspecified atom stereocenters. The summed E-state index contributed by atoms with van der Waals surface area (Å²) in [7, 11) is 0. The van der Waals surface area contributed by atoms with Crippen LogP contribution in [0.3, 0.4) is 0 Å². The molecule has 1 fully saturated rings. The fourth-order valence-corrected chi connectivity index (χ4v) is 2.44. The molecule has 0 bridgehead atoms. The summed E-state index contributed by atoms with van der Waals surface area (Å²) in [4.78, 5) is 21.9. The highest BCUT2D eigenvalue weighted by molar-refractivity contribution is 5.74. The molecule has 0 radical (unpaired) electrons. The van der Waals surface area contributed by atoms with E-state index in [9.17, 15) is 9.59 Å². The van der Waals surface area contributed by atoms with Crippen LogP contribution in [0.4, 0.5) is 4.79 Å². The van der Waals surface area contributed by atoms with Gasteiger partial charge in [-0.25, -0.2) is 4.79 Å². The standard InChI is InChI=1S/C14H26N2O3/c17-13(18)10-6-1-2-7-11-15-14(19)16-12-8-4-3-5-9-12/h12H,1-11H2,(H,17,18)(H2,15,16,19). The summed E-state index contributed by atoms with van der Waals surface area (Å²) < 4.78 is 0. The number of nitrogens with one attached hydrogen (secondary N) is 2. The Morgan fingerprint density at radius 1 is 1.00 bits per heavy atom. The lowest BCUT2D eigenvalue weighted by molar-refractivity contribution is -0.137. The van der Waals surface area contributed by atoms with E-state index in [1.165, 1.54) is 19.3 Å². The molecular weight excluding hydrogens is 244 g/mol. The Labute approximate surface area is 115 Å². The summed E-state index contributed by atoms with van der Waals surface area (Å²) >= 11 is 0. The summed E-state index contributed by atoms with van der Waals surface area (Å²) in [6, 6.07) is 0.293. The number of rotatable bonds is 8. The van der Waals surface area contributed by atoms with Crippen LogP contribution in [0.25, 0.3) is 0 Å². The molecule has 1 aliphatic rings. The Morgan fingerprint density at radius 2 is 1.68 bits per heavy atom. The number of hydrogen-bond acceptors (Lipinski definition) is 2. The minimum absolute atomic E-state index is 0.0579. The van der Waals surface area contributed by atoms with E-state index in [1.54, 1.807) is 0 Å². The minimum atomic E-state index is -0.731. The van der Waals surface area contributed by atoms with Gasteiger partial charge in [0.05, 0.1) is 0 Å². The van der Waals surface area contributed by atoms with Gasteiger partial charge < -0.3 is 15.7 Å². The second-order valence-corrected chi connectivity index (χ2v) is 5.29. The molecule has 5 nitrogen and oxygen atoms in total. The van der Waals surface area contributed by atoms with Crippen molar-refractivity contribution in [3.63, 3.8) is 0 Å². The number of carbonyl (C=O) groups excluding carboxylic acids is 1. The molecule has 0 aromatic heterocycles. The molecule has 3 N–H and O–H groups in total. The van der Waals surface area contributed by atoms with Crippen molar-refractivity contribution in [1.82, 2.24) is 10.6 Å². The average Bonchev–Trinajstić information content (AvgIpc) is 2.38. The average molecular weight is 270 g/mol. The number of carboxylic acid groups (broad SMARTS) is 1. The molecule has 0 aliphatic heterocycles. The predicted octanol–water partition coefficient (Wildman–Crippen LogP) is 2.65. The third-order valence-electron chi connectivity index (χ3n) is 3.54. The van der Waals surface area contributed by atoms with Crippen LogP contribution in [0.15, 0.2) is 0 Å². The molecule has 2 amide bonds. The fraction of sp³-hybridized carbons (Fsp3) is 0.857. The fourth-order valence-electron chi connectivity index (χ4n) is 2.44. The Bertz CT molecular complexity index is 276. The van der Waals surface area contributed by atoms with Gasteiger partial charge in [-0.1, -0.05) is 32.1 Å². The molecule has 110 valence electrons. The quantitative estimate of drug-likeness (QED) is 0.593. The minimum Gasteiger partial charge on any atom is -0.481 e. The number of unbranched alkanes of at least 4 members (excludes halogenated alkanes) is 3. The Hall–Kier alpha value is -1.26. The Kier molecular flexibility index (Phi) is 8.02. The summed E-state index contributed by atoms with van der Waals surface area (Å²) in [5.41, 5.74) is 0. The predicted molar refractivity (Wildman–Crippen MR) is 74.1 cm³/mol. The molecule has 19 heavy (non-hydrogen) atoms. The molecule has 0 saturated heterocycles. The van der Waals surface area contributed by atoms with E-state index in [0.717, 1.165) is 38.5 Å². The van der Waals surface area contributed by atoms with Crippen molar-refractivity contribution < 1.29 is 14.7 Å². The molecule has 0 atom stereocenters. The van der Waals surface area contributed by atoms with Gasteiger partial charge in [0.25, 0.3) is 0 Å². The largest absolute Gasteiger partial charge is 0.481 e. The zero-order valence-corrected chi connectivity index (χ0v) is 11.6. The van der Waals surface area contributed by atoms with Gasteiger partial charge in [0.15, 0.2) is 0 Å². The maximum absolute atomic E-state index is 11.6. The monoisotopic (exact) mass is 270 g/mol. The van der Waals surface area contributed by atoms with Gasteiger partial charge in [0.1, 0.15) is 0 Å². The van der Waals surface area contributed by atoms with Gasteiger partial charge in [-0.3, -0.25) is 4.79 Å². The van der Waals surface area contributed by atoms with Crippen molar-refractivity contribution in [2.45, 2.75) is 70.3 Å². The zero-order valence-electron chi connectivity index (χ0n) is 11.6. The molecule has 1 aliphatic carbocycles. The van der Waals surface area contributed by atoms with Crippen LogP contribution in [-0.2, 0) is 4.79 Å². The first-order chi connectivity index (χ1) is 9.18. The number of carboxylic acids is 1. The first-order valence-electron chi connectivity index (χ1n) is 7.44. The molecule has 5 heteroatoms. The second-order valence-electron chi connectivity index (χ2n) is 5.29. The zero-order chi connectivity index (χ0) is 13.9. The van der Waals surface area contributed by atoms with E-state index in [4.69, 9.17) is 5.11 Å². The highest BCUT2D eigenvalue weighted by Crippen LogP contribution is 2.17. The van der Waals surface area contributed by atoms with Gasteiger partial charge >= 0.3 is 12.0 Å². The second kappa shape index (κ2) is 9.64. The first kappa shape index (κ1) is 15.8. The van der Waals surface area contributed by atoms with Crippen molar-refractivity contribution in [1.29, 1.82) is 0 Å². The summed E-state index contributed by atoms with van der Waals surface area (Å²) in [6.07, 6.45) is 9.69. The van der Waals surface area contributed by atoms with Crippen molar-refractivity contribution in [2.75, 3.05) is 6.54 Å². The number of amides is 2. The Balaban J connectivity index is 1.90. The summed E-state index contributed by atoms with van der Waals surface area (Å²) in [5, 5.41) is 14.4. The van der Waals surface area contributed by atoms with E-state index in [-0.39, 0.29) is 12.5 Å². The van der Waals surface area contributed by atoms with Gasteiger partial charge in [-0.2, -0.15) is 0 Å². The van der Waals surface area contributed by atoms with Crippen LogP contribution in [0.1, 0.15) is 64.2 Å². The number of urea groups is 1. The molecule has 0 spiro atoms. The van der Waals surface area contributed by atoms with Crippen molar-refractivity contribution in [3.05, 3.63) is 0 Å². The van der Waals surface area contributed by atoms with E-state index < -0.39 is 5.97 Å². The number of aliphatic carboxylic acids is 1. The Morgan fingerprint density at radius 3 is 2.37 bits per heavy atom. The maximum Gasteiger partial charge on any atom is 0.315 e. The van der Waals surface area contributed by atoms with E-state index >= 15 is 0 Å². The van der Waals surface area contributed by atoms with Crippen molar-refractivity contribution in [2.24, 2.45) is 0 Å². The summed E-state index contributed by atoms with van der Waals surface area (Å²) in [5.74, 6) is -0.731. The lowest BCUT2D eigenvalue weighted by Gasteiger charge is -2.22. The van der Waals surface area contributed by atoms with Gasteiger partial charge in [0, 0.05) is 19.0 Å². The highest BCUT2D eigenvalue weighted by atomic mass is 16.4. The van der Waals surface area contributed by atoms with Gasteiger partial charge in [-0.15, -0.1) is 0 Å². The third kappa shape index (κ3) is 8.46. The molecule has 0 aromatic rings. The lowest BCUT2D eigenvalue weighted by Crippen LogP contribution is -2.43. The normalized spacial score (nSPS) is 16.0. The van der Waals surface area contributed by atoms with Crippen LogP contribution < -0.4 is 10.6 Å². The highest BCUT2D eigenvalue weighted by Gasteiger charge is 2.14. The smallest absolute Gasteiger partial charge is 0.315 e. The first-order valence-corrected chi connectivity index (χ1v) is 7.44. The molecule has 1 saturated carbocycles. The van der Waals surface area contributed by atoms with E-state index in [1.807, 2.05) is 0 Å². The molecule has 1 rings (SSSR count). The summed E-state index contributed by atoms with van der Waals surface area (Å²) in [6.45, 7) is 0.672. The SMILES string of the molecule is O=C(O)CCCCCCNC(=O)NC1CCCCC1. The molecule has 0 aromatic carbocycles. The van der Waals surface area contributed by atoms with Crippen molar-refractivity contribution >= 4 is 12.0 Å². The van der Waals surface area contributed by atoms with Gasteiger partial charge in [0.2, 0.25) is 0 Å². The van der Waals surface area contributed by atoms with Crippen LogP contribution in [0.5, 0.6) is 0 Å². The van der Waals surface area contributed by atoms with Gasteiger partial charge in [-0.05, 0) is 25.7 Å². The molecule has 0 heterocycles. The van der Waals surface area contributed by atoms with Crippen LogP contribution >= 0.6 is 0 Å².